The van der Waals surface area contributed by atoms with E-state index in [0.717, 1.165) is 35.6 Å². The highest BCUT2D eigenvalue weighted by Gasteiger charge is 2.13. The van der Waals surface area contributed by atoms with E-state index in [2.05, 4.69) is 14.5 Å². The highest BCUT2D eigenvalue weighted by Crippen LogP contribution is 2.26. The molecule has 0 unspecified atom stereocenters. The van der Waals surface area contributed by atoms with Crippen molar-refractivity contribution in [2.75, 3.05) is 7.11 Å². The monoisotopic (exact) mass is 301 g/mol. The van der Waals surface area contributed by atoms with Gasteiger partial charge in [0, 0.05) is 18.9 Å². The van der Waals surface area contributed by atoms with Gasteiger partial charge in [-0.3, -0.25) is 4.98 Å². The van der Waals surface area contributed by atoms with E-state index in [1.165, 1.54) is 5.56 Å². The summed E-state index contributed by atoms with van der Waals surface area (Å²) in [4.78, 5) is 8.65. The number of aryl methyl sites for hydroxylation is 2. The fraction of sp³-hybridized carbons (Fsp3) is 0.250. The van der Waals surface area contributed by atoms with E-state index in [9.17, 15) is 0 Å². The van der Waals surface area contributed by atoms with Crippen molar-refractivity contribution in [1.82, 2.24) is 14.5 Å². The Morgan fingerprint density at radius 1 is 1.19 bits per heavy atom. The molecule has 3 aromatic rings. The van der Waals surface area contributed by atoms with Crippen LogP contribution in [0.1, 0.15) is 11.4 Å². The average Bonchev–Trinajstić information content (AvgIpc) is 2.91. The molecule has 21 heavy (non-hydrogen) atoms. The molecule has 0 aliphatic carbocycles. The Morgan fingerprint density at radius 2 is 2.00 bits per heavy atom. The van der Waals surface area contributed by atoms with Gasteiger partial charge in [-0.05, 0) is 36.2 Å². The number of imidazole rings is 1. The molecule has 0 aliphatic heterocycles. The van der Waals surface area contributed by atoms with E-state index in [1.807, 2.05) is 42.7 Å². The van der Waals surface area contributed by atoms with Crippen molar-refractivity contribution < 1.29 is 4.74 Å². The molecule has 0 bridgehead atoms. The van der Waals surface area contributed by atoms with Gasteiger partial charge in [0.15, 0.2) is 0 Å². The van der Waals surface area contributed by atoms with Crippen molar-refractivity contribution in [3.8, 4) is 5.75 Å². The van der Waals surface area contributed by atoms with Gasteiger partial charge >= 0.3 is 0 Å². The molecule has 2 heterocycles. The zero-order valence-electron chi connectivity index (χ0n) is 11.8. The summed E-state index contributed by atoms with van der Waals surface area (Å²) in [5, 5.41) is 0. The number of aromatic nitrogens is 3. The third kappa shape index (κ3) is 2.72. The molecule has 5 heteroatoms. The molecule has 0 spiro atoms. The average molecular weight is 302 g/mol. The minimum absolute atomic E-state index is 0.383. The van der Waals surface area contributed by atoms with E-state index >= 15 is 0 Å². The van der Waals surface area contributed by atoms with Gasteiger partial charge in [0.05, 0.1) is 18.5 Å². The number of fused-ring (bicyclic) bond motifs is 1. The van der Waals surface area contributed by atoms with Crippen molar-refractivity contribution in [3.63, 3.8) is 0 Å². The number of pyridine rings is 1. The largest absolute Gasteiger partial charge is 0.494 e. The quantitative estimate of drug-likeness (QED) is 0.678. The molecule has 3 rings (SSSR count). The number of ether oxygens (including phenoxy) is 1. The fourth-order valence-electron chi connectivity index (χ4n) is 2.48. The lowest BCUT2D eigenvalue weighted by atomic mass is 10.2. The van der Waals surface area contributed by atoms with Crippen LogP contribution in [0, 0.1) is 0 Å². The zero-order chi connectivity index (χ0) is 14.7. The summed E-state index contributed by atoms with van der Waals surface area (Å²) in [6.45, 7) is 0.829. The molecule has 0 aliphatic rings. The molecule has 0 amide bonds. The van der Waals surface area contributed by atoms with Gasteiger partial charge in [0.25, 0.3) is 0 Å². The van der Waals surface area contributed by atoms with Crippen molar-refractivity contribution in [1.29, 1.82) is 0 Å². The summed E-state index contributed by atoms with van der Waals surface area (Å²) in [6, 6.07) is 10.00. The van der Waals surface area contributed by atoms with Crippen LogP contribution in [0.3, 0.4) is 0 Å². The maximum Gasteiger partial charge on any atom is 0.146 e. The van der Waals surface area contributed by atoms with Crippen LogP contribution in [0.4, 0.5) is 0 Å². The number of hydrogen-bond acceptors (Lipinski definition) is 3. The minimum atomic E-state index is 0.383. The van der Waals surface area contributed by atoms with Crippen LogP contribution in [-0.4, -0.2) is 21.6 Å². The first kappa shape index (κ1) is 13.9. The molecule has 1 aromatic carbocycles. The van der Waals surface area contributed by atoms with Gasteiger partial charge in [0.1, 0.15) is 17.1 Å². The number of halogens is 1. The maximum atomic E-state index is 6.05. The van der Waals surface area contributed by atoms with Gasteiger partial charge < -0.3 is 9.30 Å². The molecule has 0 radical (unpaired) electrons. The molecule has 108 valence electrons. The first-order valence-electron chi connectivity index (χ1n) is 6.80. The van der Waals surface area contributed by atoms with Crippen molar-refractivity contribution >= 4 is 22.6 Å². The number of rotatable bonds is 5. The number of para-hydroxylation sites is 1. The van der Waals surface area contributed by atoms with Crippen LogP contribution in [0.25, 0.3) is 11.0 Å². The predicted octanol–water partition coefficient (Wildman–Crippen LogP) is 3.42. The highest BCUT2D eigenvalue weighted by atomic mass is 35.5. The normalized spacial score (nSPS) is 11.0. The van der Waals surface area contributed by atoms with E-state index in [1.54, 1.807) is 7.11 Å². The van der Waals surface area contributed by atoms with Crippen LogP contribution in [0.15, 0.2) is 42.7 Å². The Morgan fingerprint density at radius 3 is 2.71 bits per heavy atom. The van der Waals surface area contributed by atoms with E-state index < -0.39 is 0 Å². The topological polar surface area (TPSA) is 39.9 Å². The number of alkyl halides is 1. The second kappa shape index (κ2) is 6.14. The van der Waals surface area contributed by atoms with Crippen molar-refractivity contribution in [2.24, 2.45) is 0 Å². The molecule has 0 atom stereocenters. The molecule has 0 fully saturated rings. The van der Waals surface area contributed by atoms with E-state index in [0.29, 0.717) is 5.88 Å². The van der Waals surface area contributed by atoms with Gasteiger partial charge in [-0.25, -0.2) is 4.98 Å². The summed E-state index contributed by atoms with van der Waals surface area (Å²) in [5.74, 6) is 2.03. The number of benzene rings is 1. The Kier molecular flexibility index (Phi) is 4.06. The summed E-state index contributed by atoms with van der Waals surface area (Å²) < 4.78 is 7.53. The standard InChI is InChI=1S/C16H16ClN3O/c1-21-14-4-2-3-13-16(14)19-15(11-17)20(13)10-7-12-5-8-18-9-6-12/h2-6,8-9H,7,10-11H2,1H3. The molecule has 4 nitrogen and oxygen atoms in total. The van der Waals surface area contributed by atoms with E-state index in [4.69, 9.17) is 16.3 Å². The van der Waals surface area contributed by atoms with E-state index in [-0.39, 0.29) is 0 Å². The SMILES string of the molecule is COc1cccc2c1nc(CCl)n2CCc1ccncc1. The smallest absolute Gasteiger partial charge is 0.146 e. The number of hydrogen-bond donors (Lipinski definition) is 0. The van der Waals surface area contributed by atoms with Crippen LogP contribution < -0.4 is 4.74 Å². The number of methoxy groups -OCH3 is 1. The lowest BCUT2D eigenvalue weighted by Gasteiger charge is -2.08. The van der Waals surface area contributed by atoms with Crippen molar-refractivity contribution in [2.45, 2.75) is 18.8 Å². The Labute approximate surface area is 128 Å². The van der Waals surface area contributed by atoms with Crippen LogP contribution in [-0.2, 0) is 18.8 Å². The first-order valence-corrected chi connectivity index (χ1v) is 7.34. The van der Waals surface area contributed by atoms with Crippen LogP contribution in [0.5, 0.6) is 5.75 Å². The zero-order valence-corrected chi connectivity index (χ0v) is 12.5. The minimum Gasteiger partial charge on any atom is -0.494 e. The Hall–Kier alpha value is -2.07. The molecular formula is C16H16ClN3O. The molecular weight excluding hydrogens is 286 g/mol. The lowest BCUT2D eigenvalue weighted by Crippen LogP contribution is -2.05. The van der Waals surface area contributed by atoms with Gasteiger partial charge in [-0.15, -0.1) is 11.6 Å². The second-order valence-electron chi connectivity index (χ2n) is 4.75. The summed E-state index contributed by atoms with van der Waals surface area (Å²) in [6.07, 6.45) is 4.54. The van der Waals surface area contributed by atoms with Crippen LogP contribution >= 0.6 is 11.6 Å². The highest BCUT2D eigenvalue weighted by molar-refractivity contribution is 6.16. The predicted molar refractivity (Wildman–Crippen MR) is 83.8 cm³/mol. The molecule has 0 saturated carbocycles. The molecule has 0 saturated heterocycles. The number of nitrogens with zero attached hydrogens (tertiary/aromatic N) is 3. The van der Waals surface area contributed by atoms with Crippen molar-refractivity contribution in [3.05, 3.63) is 54.1 Å². The Bertz CT molecular complexity index is 740. The summed E-state index contributed by atoms with van der Waals surface area (Å²) in [5.41, 5.74) is 3.17. The van der Waals surface area contributed by atoms with Gasteiger partial charge in [0.2, 0.25) is 0 Å². The van der Waals surface area contributed by atoms with Crippen LogP contribution in [0.2, 0.25) is 0 Å². The molecule has 0 N–H and O–H groups in total. The van der Waals surface area contributed by atoms with Gasteiger partial charge in [-0.2, -0.15) is 0 Å². The molecule has 2 aromatic heterocycles. The Balaban J connectivity index is 1.97. The third-order valence-corrected chi connectivity index (χ3v) is 3.77. The third-order valence-electron chi connectivity index (χ3n) is 3.53. The fourth-order valence-corrected chi connectivity index (χ4v) is 2.68. The summed E-state index contributed by atoms with van der Waals surface area (Å²) >= 11 is 6.05. The maximum absolute atomic E-state index is 6.05. The summed E-state index contributed by atoms with van der Waals surface area (Å²) in [7, 11) is 1.66. The first-order chi connectivity index (χ1) is 10.3. The lowest BCUT2D eigenvalue weighted by molar-refractivity contribution is 0.419. The second-order valence-corrected chi connectivity index (χ2v) is 5.01. The van der Waals surface area contributed by atoms with Gasteiger partial charge in [-0.1, -0.05) is 6.07 Å².